The number of hydrogen-bond donors (Lipinski definition) is 0. The van der Waals surface area contributed by atoms with Crippen LogP contribution < -0.4 is 4.90 Å². The second-order valence-corrected chi connectivity index (χ2v) is 14.0. The van der Waals surface area contributed by atoms with Crippen LogP contribution in [0.15, 0.2) is 188 Å². The maximum absolute atomic E-state index is 16.8. The molecule has 9 rings (SSSR count). The third-order valence-electron chi connectivity index (χ3n) is 10.6. The van der Waals surface area contributed by atoms with Gasteiger partial charge in [0.15, 0.2) is 0 Å². The van der Waals surface area contributed by atoms with Crippen molar-refractivity contribution < 1.29 is 4.39 Å². The highest BCUT2D eigenvalue weighted by Crippen LogP contribution is 2.44. The van der Waals surface area contributed by atoms with Gasteiger partial charge < -0.3 is 9.47 Å². The molecule has 1 heterocycles. The van der Waals surface area contributed by atoms with Crippen LogP contribution in [0.2, 0.25) is 0 Å². The average Bonchev–Trinajstić information content (AvgIpc) is 3.49. The van der Waals surface area contributed by atoms with Crippen LogP contribution in [0.5, 0.6) is 0 Å². The highest BCUT2D eigenvalue weighted by atomic mass is 19.1. The Balaban J connectivity index is 1.07. The zero-order valence-electron chi connectivity index (χ0n) is 30.8. The first-order valence-corrected chi connectivity index (χ1v) is 18.7. The number of nitrogens with zero attached hydrogens (tertiary/aromatic N) is 2. The van der Waals surface area contributed by atoms with E-state index < -0.39 is 0 Å². The van der Waals surface area contributed by atoms with Crippen molar-refractivity contribution in [3.05, 3.63) is 216 Å². The van der Waals surface area contributed by atoms with Crippen LogP contribution in [0.1, 0.15) is 22.4 Å². The van der Waals surface area contributed by atoms with Gasteiger partial charge in [0, 0.05) is 33.7 Å². The van der Waals surface area contributed by atoms with E-state index in [1.807, 2.05) is 95.9 Å². The summed E-state index contributed by atoms with van der Waals surface area (Å²) < 4.78 is 19.1. The van der Waals surface area contributed by atoms with Gasteiger partial charge in [-0.05, 0) is 119 Å². The molecule has 1 aromatic heterocycles. The summed E-state index contributed by atoms with van der Waals surface area (Å²) in [6.07, 6.45) is 4.31. The lowest BCUT2D eigenvalue weighted by Gasteiger charge is -2.29. The van der Waals surface area contributed by atoms with Crippen LogP contribution in [-0.4, -0.2) is 4.57 Å². The van der Waals surface area contributed by atoms with Crippen molar-refractivity contribution in [1.29, 1.82) is 0 Å². The smallest absolute Gasteiger partial charge is 0.148 e. The number of halogens is 1. The first-order valence-electron chi connectivity index (χ1n) is 18.7. The fourth-order valence-electron chi connectivity index (χ4n) is 7.72. The van der Waals surface area contributed by atoms with Crippen molar-refractivity contribution in [1.82, 2.24) is 4.57 Å². The van der Waals surface area contributed by atoms with Gasteiger partial charge in [0.2, 0.25) is 0 Å². The molecule has 0 N–H and O–H groups in total. The van der Waals surface area contributed by atoms with E-state index in [0.29, 0.717) is 5.69 Å². The van der Waals surface area contributed by atoms with Crippen LogP contribution in [0.25, 0.3) is 61.8 Å². The predicted molar refractivity (Wildman–Crippen MR) is 231 cm³/mol. The molecule has 9 aromatic rings. The number of aromatic nitrogens is 1. The molecule has 0 bridgehead atoms. The highest BCUT2D eigenvalue weighted by molar-refractivity contribution is 5.93. The number of rotatable bonds is 8. The number of fused-ring (bicyclic) bond motifs is 2. The fraction of sp³-hybridized carbons (Fsp3) is 0.0385. The molecule has 264 valence electrons. The second kappa shape index (κ2) is 14.5. The Kier molecular flexibility index (Phi) is 8.89. The van der Waals surface area contributed by atoms with Crippen molar-refractivity contribution in [3.63, 3.8) is 0 Å². The topological polar surface area (TPSA) is 8.17 Å². The zero-order valence-corrected chi connectivity index (χ0v) is 30.8. The monoisotopic (exact) mass is 710 g/mol. The molecule has 0 atom stereocenters. The SMILES string of the molecule is Cc1c(C)n(-c2ccc3ccccc3c2)c2ccc(/C=C/c3ccc(N(c4ccccc4)c4c(F)cc(-c5ccccc5)cc4-c4ccccc4)cc3)cc12. The molecule has 8 aromatic carbocycles. The summed E-state index contributed by atoms with van der Waals surface area (Å²) in [5.41, 5.74) is 12.9. The van der Waals surface area contributed by atoms with Crippen LogP contribution in [-0.2, 0) is 0 Å². The van der Waals surface area contributed by atoms with Gasteiger partial charge in [-0.2, -0.15) is 0 Å². The maximum atomic E-state index is 16.8. The van der Waals surface area contributed by atoms with E-state index >= 15 is 4.39 Å². The van der Waals surface area contributed by atoms with E-state index in [1.165, 1.54) is 38.6 Å². The molecule has 55 heavy (non-hydrogen) atoms. The van der Waals surface area contributed by atoms with Gasteiger partial charge in [0.25, 0.3) is 0 Å². The van der Waals surface area contributed by atoms with Gasteiger partial charge >= 0.3 is 0 Å². The van der Waals surface area contributed by atoms with Crippen LogP contribution >= 0.6 is 0 Å². The molecular weight excluding hydrogens is 672 g/mol. The van der Waals surface area contributed by atoms with E-state index in [-0.39, 0.29) is 5.82 Å². The first-order chi connectivity index (χ1) is 27.0. The lowest BCUT2D eigenvalue weighted by atomic mass is 9.95. The van der Waals surface area contributed by atoms with Crippen molar-refractivity contribution in [2.24, 2.45) is 0 Å². The van der Waals surface area contributed by atoms with E-state index in [9.17, 15) is 0 Å². The fourth-order valence-corrected chi connectivity index (χ4v) is 7.72. The van der Waals surface area contributed by atoms with Crippen LogP contribution in [0.4, 0.5) is 21.5 Å². The van der Waals surface area contributed by atoms with E-state index in [2.05, 4.69) is 122 Å². The summed E-state index contributed by atoms with van der Waals surface area (Å²) in [7, 11) is 0. The number of hydrogen-bond acceptors (Lipinski definition) is 1. The molecule has 0 saturated heterocycles. The number of aryl methyl sites for hydroxylation is 1. The Morgan fingerprint density at radius 3 is 1.82 bits per heavy atom. The number of para-hydroxylation sites is 1. The molecule has 0 saturated carbocycles. The van der Waals surface area contributed by atoms with Gasteiger partial charge in [-0.25, -0.2) is 4.39 Å². The number of benzene rings is 8. The first kappa shape index (κ1) is 33.8. The third-order valence-corrected chi connectivity index (χ3v) is 10.6. The van der Waals surface area contributed by atoms with E-state index in [4.69, 9.17) is 0 Å². The van der Waals surface area contributed by atoms with Gasteiger partial charge in [-0.15, -0.1) is 0 Å². The van der Waals surface area contributed by atoms with Crippen LogP contribution in [0.3, 0.4) is 0 Å². The quantitative estimate of drug-likeness (QED) is 0.143. The molecule has 3 heteroatoms. The molecule has 0 aliphatic rings. The molecule has 0 fully saturated rings. The van der Waals surface area contributed by atoms with Gasteiger partial charge in [0.1, 0.15) is 5.82 Å². The molecule has 0 radical (unpaired) electrons. The van der Waals surface area contributed by atoms with Gasteiger partial charge in [-0.3, -0.25) is 0 Å². The van der Waals surface area contributed by atoms with Crippen LogP contribution in [0, 0.1) is 19.7 Å². The molecule has 2 nitrogen and oxygen atoms in total. The summed E-state index contributed by atoms with van der Waals surface area (Å²) >= 11 is 0. The largest absolute Gasteiger partial charge is 0.314 e. The molecule has 0 spiro atoms. The standard InChI is InChI=1S/C52H39FN2/c1-36-37(2)54(47-30-27-41-16-12-13-19-43(41)33-47)51-31-26-39(32-48(36)51)23-22-38-24-28-46(29-25-38)55(45-20-10-5-11-21-45)52-49(42-17-8-4-9-18-42)34-44(35-50(52)53)40-14-6-3-7-15-40/h3-35H,1-2H3/b23-22+. The highest BCUT2D eigenvalue weighted by Gasteiger charge is 2.23. The van der Waals surface area contributed by atoms with Gasteiger partial charge in [-0.1, -0.05) is 140 Å². The Hall–Kier alpha value is -6.97. The van der Waals surface area contributed by atoms with E-state index in [0.717, 1.165) is 44.8 Å². The minimum Gasteiger partial charge on any atom is -0.314 e. The Morgan fingerprint density at radius 1 is 0.491 bits per heavy atom. The maximum Gasteiger partial charge on any atom is 0.148 e. The summed E-state index contributed by atoms with van der Waals surface area (Å²) in [6, 6.07) is 64.1. The lowest BCUT2D eigenvalue weighted by Crippen LogP contribution is -2.13. The summed E-state index contributed by atoms with van der Waals surface area (Å²) in [5, 5.41) is 3.72. The van der Waals surface area contributed by atoms with Gasteiger partial charge in [0.05, 0.1) is 11.2 Å². The summed E-state index contributed by atoms with van der Waals surface area (Å²) in [6.45, 7) is 4.41. The van der Waals surface area contributed by atoms with Crippen molar-refractivity contribution in [2.45, 2.75) is 13.8 Å². The summed E-state index contributed by atoms with van der Waals surface area (Å²) in [5.74, 6) is -0.289. The molecule has 0 amide bonds. The molecule has 0 aliphatic carbocycles. The molecule has 0 aliphatic heterocycles. The number of anilines is 3. The van der Waals surface area contributed by atoms with Crippen molar-refractivity contribution in [2.75, 3.05) is 4.90 Å². The molecular formula is C52H39FN2. The average molecular weight is 711 g/mol. The predicted octanol–water partition coefficient (Wildman–Crippen LogP) is 14.5. The Morgan fingerprint density at radius 2 is 1.09 bits per heavy atom. The zero-order chi connectivity index (χ0) is 37.3. The Bertz CT molecular complexity index is 2820. The minimum atomic E-state index is -0.289. The van der Waals surface area contributed by atoms with E-state index in [1.54, 1.807) is 6.07 Å². The molecule has 0 unspecified atom stereocenters. The normalized spacial score (nSPS) is 11.5. The third kappa shape index (κ3) is 6.51. The van der Waals surface area contributed by atoms with Crippen molar-refractivity contribution >= 4 is 50.9 Å². The summed E-state index contributed by atoms with van der Waals surface area (Å²) in [4.78, 5) is 2.03. The Labute approximate surface area is 321 Å². The minimum absolute atomic E-state index is 0.289. The van der Waals surface area contributed by atoms with Crippen molar-refractivity contribution in [3.8, 4) is 27.9 Å². The lowest BCUT2D eigenvalue weighted by molar-refractivity contribution is 0.630. The second-order valence-electron chi connectivity index (χ2n) is 14.0.